The summed E-state index contributed by atoms with van der Waals surface area (Å²) < 4.78 is 0. The van der Waals surface area contributed by atoms with Crippen molar-refractivity contribution in [2.75, 3.05) is 0 Å². The quantitative estimate of drug-likeness (QED) is 0.158. The van der Waals surface area contributed by atoms with Crippen molar-refractivity contribution in [2.45, 2.75) is 0 Å². The third-order valence-electron chi connectivity index (χ3n) is 5.70. The van der Waals surface area contributed by atoms with E-state index in [0.717, 1.165) is 36.4 Å². The molecule has 19 heteroatoms. The lowest BCUT2D eigenvalue weighted by Gasteiger charge is -2.06. The molecule has 1 aromatic heterocycles. The molecule has 0 fully saturated rings. The van der Waals surface area contributed by atoms with E-state index in [1.807, 2.05) is 0 Å². The van der Waals surface area contributed by atoms with Gasteiger partial charge in [0.2, 0.25) is 0 Å². The van der Waals surface area contributed by atoms with Crippen LogP contribution in [0.25, 0.3) is 32.0 Å². The molecule has 0 saturated heterocycles. The topological polar surface area (TPSA) is 259 Å². The number of hydrogen-bond donors (Lipinski definition) is 0. The van der Waals surface area contributed by atoms with Crippen molar-refractivity contribution in [3.05, 3.63) is 121 Å². The molecule has 0 radical (unpaired) electrons. The summed E-state index contributed by atoms with van der Waals surface area (Å²) in [5, 5.41) is 69.2. The van der Waals surface area contributed by atoms with Crippen LogP contribution in [0.1, 0.15) is 0 Å². The number of nitro benzene ring substituents is 6. The molecule has 0 aliphatic heterocycles. The standard InChI is InChI=1S/C22H10N6O12S/c29-23(30)11-1-4-14(18(7-11)26(35)36)17-10-21(15-5-2-12(24(31)32)8-19(15)27(37)38)41-22(17)16-6-3-13(25(33)34)9-20(16)28(39)40/h1-10H. The Hall–Kier alpha value is -6.24. The number of nitrogens with zero attached hydrogens (tertiary/aromatic N) is 6. The van der Waals surface area contributed by atoms with Crippen LogP contribution in [0.2, 0.25) is 0 Å². The van der Waals surface area contributed by atoms with Gasteiger partial charge in [0.25, 0.3) is 34.1 Å². The van der Waals surface area contributed by atoms with E-state index in [1.54, 1.807) is 0 Å². The smallest absolute Gasteiger partial charge is 0.258 e. The highest BCUT2D eigenvalue weighted by Gasteiger charge is 2.30. The molecule has 206 valence electrons. The van der Waals surface area contributed by atoms with E-state index in [-0.39, 0.29) is 32.0 Å². The molecule has 4 rings (SSSR count). The molecule has 0 aliphatic carbocycles. The van der Waals surface area contributed by atoms with E-state index < -0.39 is 63.7 Å². The van der Waals surface area contributed by atoms with Crippen molar-refractivity contribution in [3.63, 3.8) is 0 Å². The average Bonchev–Trinajstić information content (AvgIpc) is 3.36. The highest BCUT2D eigenvalue weighted by Crippen LogP contribution is 2.50. The number of non-ortho nitro benzene ring substituents is 3. The molecule has 41 heavy (non-hydrogen) atoms. The Morgan fingerprint density at radius 1 is 0.415 bits per heavy atom. The molecule has 1 heterocycles. The number of rotatable bonds is 9. The van der Waals surface area contributed by atoms with Gasteiger partial charge < -0.3 is 0 Å². The Morgan fingerprint density at radius 3 is 1.20 bits per heavy atom. The van der Waals surface area contributed by atoms with Gasteiger partial charge in [-0.05, 0) is 24.3 Å². The van der Waals surface area contributed by atoms with Gasteiger partial charge in [0.1, 0.15) is 0 Å². The van der Waals surface area contributed by atoms with Gasteiger partial charge >= 0.3 is 0 Å². The molecule has 18 nitrogen and oxygen atoms in total. The van der Waals surface area contributed by atoms with Crippen molar-refractivity contribution in [2.24, 2.45) is 0 Å². The first kappa shape index (κ1) is 27.8. The van der Waals surface area contributed by atoms with Gasteiger partial charge in [0.15, 0.2) is 0 Å². The third-order valence-corrected chi connectivity index (χ3v) is 6.90. The van der Waals surface area contributed by atoms with Crippen molar-refractivity contribution < 1.29 is 29.5 Å². The highest BCUT2D eigenvalue weighted by molar-refractivity contribution is 7.19. The summed E-state index contributed by atoms with van der Waals surface area (Å²) in [6.07, 6.45) is 0. The number of benzene rings is 3. The van der Waals surface area contributed by atoms with Crippen LogP contribution >= 0.6 is 11.3 Å². The lowest BCUT2D eigenvalue weighted by molar-refractivity contribution is -0.394. The first-order chi connectivity index (χ1) is 19.3. The molecule has 0 atom stereocenters. The summed E-state index contributed by atoms with van der Waals surface area (Å²) in [5.41, 5.74) is -4.91. The lowest BCUT2D eigenvalue weighted by atomic mass is 9.98. The molecule has 0 unspecified atom stereocenters. The van der Waals surface area contributed by atoms with Gasteiger partial charge in [-0.3, -0.25) is 60.7 Å². The second-order valence-corrected chi connectivity index (χ2v) is 9.05. The highest BCUT2D eigenvalue weighted by atomic mass is 32.1. The maximum atomic E-state index is 11.9. The fourth-order valence-electron chi connectivity index (χ4n) is 3.91. The van der Waals surface area contributed by atoms with Crippen LogP contribution < -0.4 is 0 Å². The Bertz CT molecular complexity index is 1740. The van der Waals surface area contributed by atoms with Crippen LogP contribution in [0.3, 0.4) is 0 Å². The van der Waals surface area contributed by atoms with Gasteiger partial charge in [-0.25, -0.2) is 0 Å². The van der Waals surface area contributed by atoms with Crippen LogP contribution in [-0.4, -0.2) is 29.5 Å². The molecule has 0 bridgehead atoms. The second kappa shape index (κ2) is 10.5. The zero-order valence-corrected chi connectivity index (χ0v) is 20.6. The van der Waals surface area contributed by atoms with Crippen molar-refractivity contribution in [3.8, 4) is 32.0 Å². The van der Waals surface area contributed by atoms with Crippen LogP contribution in [0, 0.1) is 60.7 Å². The molecule has 3 aromatic carbocycles. The Labute approximate surface area is 228 Å². The summed E-state index contributed by atoms with van der Waals surface area (Å²) in [5.74, 6) is 0. The predicted octanol–water partition coefficient (Wildman–Crippen LogP) is 6.20. The molecule has 0 spiro atoms. The van der Waals surface area contributed by atoms with E-state index in [0.29, 0.717) is 29.5 Å². The van der Waals surface area contributed by atoms with Crippen molar-refractivity contribution >= 4 is 45.5 Å². The number of thiophene rings is 1. The third kappa shape index (κ3) is 5.22. The zero-order valence-electron chi connectivity index (χ0n) is 19.8. The zero-order chi connectivity index (χ0) is 30.2. The van der Waals surface area contributed by atoms with Crippen LogP contribution in [0.5, 0.6) is 0 Å². The van der Waals surface area contributed by atoms with Crippen LogP contribution in [0.15, 0.2) is 60.7 Å². The van der Waals surface area contributed by atoms with Gasteiger partial charge in [-0.1, -0.05) is 0 Å². The Kier molecular flexibility index (Phi) is 7.11. The minimum atomic E-state index is -0.929. The maximum absolute atomic E-state index is 11.9. The van der Waals surface area contributed by atoms with Crippen LogP contribution in [0.4, 0.5) is 34.1 Å². The SMILES string of the molecule is O=[N+]([O-])c1ccc(-c2cc(-c3ccc([N+](=O)[O-])cc3[N+](=O)[O-])c(-c3ccc([N+](=O)[O-])cc3[N+](=O)[O-])s2)c([N+](=O)[O-])c1. The molecule has 4 aromatic rings. The van der Waals surface area contributed by atoms with E-state index in [4.69, 9.17) is 0 Å². The van der Waals surface area contributed by atoms with E-state index in [9.17, 15) is 60.7 Å². The molecule has 0 N–H and O–H groups in total. The summed E-state index contributed by atoms with van der Waals surface area (Å²) in [6, 6.07) is 9.20. The number of hydrogen-bond acceptors (Lipinski definition) is 13. The van der Waals surface area contributed by atoms with Gasteiger partial charge in [-0.2, -0.15) is 0 Å². The predicted molar refractivity (Wildman–Crippen MR) is 141 cm³/mol. The molecule has 0 aliphatic rings. The molecular weight excluding hydrogens is 572 g/mol. The summed E-state index contributed by atoms with van der Waals surface area (Å²) in [6.45, 7) is 0. The molecule has 0 amide bonds. The van der Waals surface area contributed by atoms with Gasteiger partial charge in [0, 0.05) is 33.5 Å². The van der Waals surface area contributed by atoms with E-state index in [1.165, 1.54) is 6.07 Å². The first-order valence-corrected chi connectivity index (χ1v) is 11.5. The van der Waals surface area contributed by atoms with Crippen LogP contribution in [-0.2, 0) is 0 Å². The minimum Gasteiger partial charge on any atom is -0.258 e. The first-order valence-electron chi connectivity index (χ1n) is 10.7. The second-order valence-electron chi connectivity index (χ2n) is 8.00. The normalized spacial score (nSPS) is 10.6. The van der Waals surface area contributed by atoms with E-state index in [2.05, 4.69) is 0 Å². The monoisotopic (exact) mass is 582 g/mol. The maximum Gasteiger partial charge on any atom is 0.284 e. The Balaban J connectivity index is 2.10. The fraction of sp³-hybridized carbons (Fsp3) is 0. The van der Waals surface area contributed by atoms with Gasteiger partial charge in [-0.15, -0.1) is 11.3 Å². The largest absolute Gasteiger partial charge is 0.284 e. The van der Waals surface area contributed by atoms with E-state index >= 15 is 0 Å². The minimum absolute atomic E-state index is 0.00287. The van der Waals surface area contributed by atoms with Crippen molar-refractivity contribution in [1.82, 2.24) is 0 Å². The van der Waals surface area contributed by atoms with Crippen molar-refractivity contribution in [1.29, 1.82) is 0 Å². The lowest BCUT2D eigenvalue weighted by Crippen LogP contribution is -1.97. The molecule has 0 saturated carbocycles. The molecular formula is C22H10N6O12S. The number of nitro groups is 6. The summed E-state index contributed by atoms with van der Waals surface area (Å²) in [4.78, 5) is 63.7. The van der Waals surface area contributed by atoms with Gasteiger partial charge in [0.05, 0.1) is 64.4 Å². The summed E-state index contributed by atoms with van der Waals surface area (Å²) in [7, 11) is 0. The fourth-order valence-corrected chi connectivity index (χ4v) is 5.15. The Morgan fingerprint density at radius 2 is 0.780 bits per heavy atom. The average molecular weight is 582 g/mol. The summed E-state index contributed by atoms with van der Waals surface area (Å²) >= 11 is 0.678.